The number of rotatable bonds is 4. The second kappa shape index (κ2) is 6.09. The van der Waals surface area contributed by atoms with E-state index in [1.165, 1.54) is 6.42 Å². The van der Waals surface area contributed by atoms with Crippen molar-refractivity contribution in [2.75, 3.05) is 32.2 Å². The molecular weight excluding hydrogens is 252 g/mol. The van der Waals surface area contributed by atoms with Crippen LogP contribution >= 0.6 is 0 Å². The molecule has 106 valence electrons. The number of methoxy groups -OCH3 is 1. The number of hydrogen-bond donors (Lipinski definition) is 1. The summed E-state index contributed by atoms with van der Waals surface area (Å²) in [7, 11) is 1.70. The molecule has 1 saturated heterocycles. The molecular formula is C16H20N2O2. The molecule has 4 heteroatoms. The predicted octanol–water partition coefficient (Wildman–Crippen LogP) is 3.08. The van der Waals surface area contributed by atoms with Crippen molar-refractivity contribution >= 4 is 16.6 Å². The normalized spacial score (nSPS) is 18.9. The lowest BCUT2D eigenvalue weighted by atomic mass is 10.0. The highest BCUT2D eigenvalue weighted by Gasteiger charge is 2.14. The average Bonchev–Trinajstić information content (AvgIpc) is 2.53. The van der Waals surface area contributed by atoms with Crippen molar-refractivity contribution in [2.45, 2.75) is 12.8 Å². The maximum atomic E-state index is 5.51. The van der Waals surface area contributed by atoms with Crippen molar-refractivity contribution in [3.05, 3.63) is 30.5 Å². The van der Waals surface area contributed by atoms with E-state index in [1.807, 2.05) is 24.4 Å². The Balaban J connectivity index is 1.80. The monoisotopic (exact) mass is 272 g/mol. The Morgan fingerprint density at radius 3 is 3.10 bits per heavy atom. The molecule has 0 aliphatic carbocycles. The van der Waals surface area contributed by atoms with Gasteiger partial charge in [0.25, 0.3) is 0 Å². The molecule has 1 aromatic carbocycles. The summed E-state index contributed by atoms with van der Waals surface area (Å²) in [5.74, 6) is 2.38. The van der Waals surface area contributed by atoms with E-state index in [1.54, 1.807) is 7.11 Å². The number of pyridine rings is 1. The summed E-state index contributed by atoms with van der Waals surface area (Å²) in [5, 5.41) is 5.65. The number of benzene rings is 1. The first-order valence-corrected chi connectivity index (χ1v) is 7.12. The predicted molar refractivity (Wildman–Crippen MR) is 80.3 cm³/mol. The fourth-order valence-corrected chi connectivity index (χ4v) is 2.71. The molecule has 3 rings (SSSR count). The van der Waals surface area contributed by atoms with Crippen LogP contribution in [0.2, 0.25) is 0 Å². The van der Waals surface area contributed by atoms with Gasteiger partial charge in [0.2, 0.25) is 0 Å². The van der Waals surface area contributed by atoms with Crippen LogP contribution in [0.25, 0.3) is 10.8 Å². The van der Waals surface area contributed by atoms with Gasteiger partial charge in [-0.3, -0.25) is 0 Å². The van der Waals surface area contributed by atoms with E-state index in [-0.39, 0.29) is 0 Å². The number of hydrogen-bond acceptors (Lipinski definition) is 4. The van der Waals surface area contributed by atoms with Crippen molar-refractivity contribution in [3.8, 4) is 5.75 Å². The summed E-state index contributed by atoms with van der Waals surface area (Å²) in [6, 6.07) is 8.03. The molecule has 1 aliphatic heterocycles. The number of nitrogens with one attached hydrogen (secondary N) is 1. The second-order valence-electron chi connectivity index (χ2n) is 5.18. The Labute approximate surface area is 119 Å². The Kier molecular flexibility index (Phi) is 4.02. The van der Waals surface area contributed by atoms with Gasteiger partial charge in [-0.2, -0.15) is 0 Å². The summed E-state index contributed by atoms with van der Waals surface area (Å²) in [4.78, 5) is 4.46. The maximum absolute atomic E-state index is 5.51. The molecule has 0 bridgehead atoms. The zero-order valence-corrected chi connectivity index (χ0v) is 11.8. The first-order valence-electron chi connectivity index (χ1n) is 7.12. The van der Waals surface area contributed by atoms with Gasteiger partial charge in [-0.25, -0.2) is 4.98 Å². The Morgan fingerprint density at radius 1 is 1.35 bits per heavy atom. The second-order valence-corrected chi connectivity index (χ2v) is 5.18. The van der Waals surface area contributed by atoms with Gasteiger partial charge in [0.1, 0.15) is 11.6 Å². The third kappa shape index (κ3) is 2.70. The van der Waals surface area contributed by atoms with Gasteiger partial charge >= 0.3 is 0 Å². The first kappa shape index (κ1) is 13.2. The van der Waals surface area contributed by atoms with Crippen molar-refractivity contribution in [3.63, 3.8) is 0 Å². The van der Waals surface area contributed by atoms with E-state index in [9.17, 15) is 0 Å². The molecule has 0 amide bonds. The first-order chi connectivity index (χ1) is 9.88. The van der Waals surface area contributed by atoms with Crippen LogP contribution in [0.1, 0.15) is 12.8 Å². The molecule has 4 nitrogen and oxygen atoms in total. The summed E-state index contributed by atoms with van der Waals surface area (Å²) in [6.07, 6.45) is 4.20. The topological polar surface area (TPSA) is 43.4 Å². The Hall–Kier alpha value is -1.81. The van der Waals surface area contributed by atoms with Crippen LogP contribution in [-0.2, 0) is 4.74 Å². The van der Waals surface area contributed by atoms with E-state index >= 15 is 0 Å². The van der Waals surface area contributed by atoms with Crippen molar-refractivity contribution in [1.82, 2.24) is 4.98 Å². The molecule has 20 heavy (non-hydrogen) atoms. The average molecular weight is 272 g/mol. The lowest BCUT2D eigenvalue weighted by molar-refractivity contribution is 0.0595. The van der Waals surface area contributed by atoms with Crippen LogP contribution < -0.4 is 10.1 Å². The molecule has 1 N–H and O–H groups in total. The number of fused-ring (bicyclic) bond motifs is 1. The van der Waals surface area contributed by atoms with Gasteiger partial charge in [-0.05, 0) is 30.9 Å². The molecule has 2 aromatic rings. The van der Waals surface area contributed by atoms with Crippen LogP contribution in [0, 0.1) is 5.92 Å². The van der Waals surface area contributed by atoms with Crippen LogP contribution in [0.3, 0.4) is 0 Å². The zero-order chi connectivity index (χ0) is 13.8. The van der Waals surface area contributed by atoms with E-state index in [4.69, 9.17) is 9.47 Å². The zero-order valence-electron chi connectivity index (χ0n) is 11.8. The third-order valence-electron chi connectivity index (χ3n) is 3.80. The van der Waals surface area contributed by atoms with E-state index in [2.05, 4.69) is 16.4 Å². The molecule has 1 fully saturated rings. The third-order valence-corrected chi connectivity index (χ3v) is 3.80. The fourth-order valence-electron chi connectivity index (χ4n) is 2.71. The van der Waals surface area contributed by atoms with E-state index in [0.717, 1.165) is 48.5 Å². The molecule has 1 unspecified atom stereocenters. The number of anilines is 1. The van der Waals surface area contributed by atoms with E-state index < -0.39 is 0 Å². The molecule has 2 heterocycles. The van der Waals surface area contributed by atoms with Crippen LogP contribution in [0.5, 0.6) is 5.75 Å². The smallest absolute Gasteiger partial charge is 0.133 e. The van der Waals surface area contributed by atoms with Gasteiger partial charge in [-0.1, -0.05) is 12.1 Å². The molecule has 0 spiro atoms. The lowest BCUT2D eigenvalue weighted by Gasteiger charge is -2.22. The van der Waals surface area contributed by atoms with Crippen LogP contribution in [-0.4, -0.2) is 31.9 Å². The van der Waals surface area contributed by atoms with Gasteiger partial charge in [0, 0.05) is 30.1 Å². The largest absolute Gasteiger partial charge is 0.496 e. The molecule has 1 atom stereocenters. The van der Waals surface area contributed by atoms with Crippen molar-refractivity contribution in [2.24, 2.45) is 5.92 Å². The van der Waals surface area contributed by atoms with Crippen LogP contribution in [0.4, 0.5) is 5.82 Å². The molecule has 0 radical (unpaired) electrons. The highest BCUT2D eigenvalue weighted by molar-refractivity contribution is 5.95. The van der Waals surface area contributed by atoms with Crippen molar-refractivity contribution in [1.29, 1.82) is 0 Å². The minimum atomic E-state index is 0.575. The lowest BCUT2D eigenvalue weighted by Crippen LogP contribution is -2.24. The Morgan fingerprint density at radius 2 is 2.30 bits per heavy atom. The number of nitrogens with zero attached hydrogens (tertiary/aromatic N) is 1. The maximum Gasteiger partial charge on any atom is 0.133 e. The van der Waals surface area contributed by atoms with Gasteiger partial charge in [0.15, 0.2) is 0 Å². The Bertz CT molecular complexity index is 580. The standard InChI is InChI=1S/C16H20N2O2/c1-19-15-6-2-5-14-13(15)7-8-17-16(14)18-10-12-4-3-9-20-11-12/h2,5-8,12H,3-4,9-11H2,1H3,(H,17,18). The minimum absolute atomic E-state index is 0.575. The number of aromatic nitrogens is 1. The minimum Gasteiger partial charge on any atom is -0.496 e. The fraction of sp³-hybridized carbons (Fsp3) is 0.438. The summed E-state index contributed by atoms with van der Waals surface area (Å²) in [6.45, 7) is 2.66. The SMILES string of the molecule is COc1cccc2c(NCC3CCCOC3)nccc12. The van der Waals surface area contributed by atoms with Gasteiger partial charge in [0.05, 0.1) is 13.7 Å². The van der Waals surface area contributed by atoms with Gasteiger partial charge < -0.3 is 14.8 Å². The molecule has 1 aromatic heterocycles. The van der Waals surface area contributed by atoms with Crippen LogP contribution in [0.15, 0.2) is 30.5 Å². The van der Waals surface area contributed by atoms with Crippen molar-refractivity contribution < 1.29 is 9.47 Å². The van der Waals surface area contributed by atoms with Gasteiger partial charge in [-0.15, -0.1) is 0 Å². The highest BCUT2D eigenvalue weighted by Crippen LogP contribution is 2.29. The summed E-state index contributed by atoms with van der Waals surface area (Å²) >= 11 is 0. The summed E-state index contributed by atoms with van der Waals surface area (Å²) < 4.78 is 10.9. The summed E-state index contributed by atoms with van der Waals surface area (Å²) in [5.41, 5.74) is 0. The number of ether oxygens (including phenoxy) is 2. The molecule has 0 saturated carbocycles. The molecule has 1 aliphatic rings. The highest BCUT2D eigenvalue weighted by atomic mass is 16.5. The van der Waals surface area contributed by atoms with E-state index in [0.29, 0.717) is 5.92 Å². The quantitative estimate of drug-likeness (QED) is 0.929.